The van der Waals surface area contributed by atoms with Gasteiger partial charge in [0.15, 0.2) is 11.6 Å². The Labute approximate surface area is 159 Å². The topological polar surface area (TPSA) is 69.6 Å². The number of hydrogen-bond acceptors (Lipinski definition) is 5. The Balaban J connectivity index is 1.43. The molecular weight excluding hydrogens is 357 g/mol. The third-order valence-corrected chi connectivity index (χ3v) is 4.35. The first-order chi connectivity index (χ1) is 13.8. The summed E-state index contributed by atoms with van der Waals surface area (Å²) in [5.74, 6) is 1.06. The minimum atomic E-state index is -0.342. The number of halogens is 1. The fourth-order valence-electron chi connectivity index (χ4n) is 2.99. The van der Waals surface area contributed by atoms with Crippen LogP contribution in [0.15, 0.2) is 77.6 Å². The van der Waals surface area contributed by atoms with Crippen molar-refractivity contribution < 1.29 is 8.91 Å². The van der Waals surface area contributed by atoms with Crippen LogP contribution >= 0.6 is 0 Å². The van der Waals surface area contributed by atoms with Gasteiger partial charge in [0.2, 0.25) is 0 Å². The Hall–Kier alpha value is -3.87. The molecule has 6 nitrogen and oxygen atoms in total. The molecule has 0 saturated carbocycles. The van der Waals surface area contributed by atoms with Gasteiger partial charge in [0.05, 0.1) is 17.8 Å². The maximum absolute atomic E-state index is 14.0. The van der Waals surface area contributed by atoms with Crippen molar-refractivity contribution in [2.45, 2.75) is 6.54 Å². The molecule has 136 valence electrons. The van der Waals surface area contributed by atoms with Crippen LogP contribution in [-0.2, 0) is 6.54 Å². The molecule has 0 N–H and O–H groups in total. The van der Waals surface area contributed by atoms with E-state index < -0.39 is 0 Å². The molecule has 0 radical (unpaired) electrons. The molecular formula is C21H14FN5O. The second-order valence-corrected chi connectivity index (χ2v) is 6.30. The van der Waals surface area contributed by atoms with Gasteiger partial charge in [-0.1, -0.05) is 35.5 Å². The normalized spacial score (nSPS) is 11.2. The molecule has 0 unspecified atom stereocenters. The number of hydrogen-bond donors (Lipinski definition) is 0. The van der Waals surface area contributed by atoms with Gasteiger partial charge < -0.3 is 9.09 Å². The molecule has 0 bridgehead atoms. The van der Waals surface area contributed by atoms with Gasteiger partial charge in [-0.3, -0.25) is 0 Å². The number of imidazole rings is 1. The highest BCUT2D eigenvalue weighted by Crippen LogP contribution is 2.26. The van der Waals surface area contributed by atoms with E-state index in [4.69, 9.17) is 4.52 Å². The quantitative estimate of drug-likeness (QED) is 0.471. The van der Waals surface area contributed by atoms with Gasteiger partial charge in [-0.25, -0.2) is 14.4 Å². The second kappa shape index (κ2) is 6.70. The highest BCUT2D eigenvalue weighted by Gasteiger charge is 2.16. The average Bonchev–Trinajstić information content (AvgIpc) is 3.36. The Morgan fingerprint density at radius 2 is 1.64 bits per heavy atom. The molecule has 0 atom stereocenters. The molecule has 2 aliphatic heterocycles. The molecule has 0 aliphatic carbocycles. The first kappa shape index (κ1) is 16.3. The Kier molecular flexibility index (Phi) is 3.90. The molecule has 3 aromatic rings. The molecule has 2 aromatic carbocycles. The first-order valence-corrected chi connectivity index (χ1v) is 8.73. The zero-order valence-corrected chi connectivity index (χ0v) is 14.7. The predicted octanol–water partition coefficient (Wildman–Crippen LogP) is 4.29. The van der Waals surface area contributed by atoms with E-state index in [1.165, 1.54) is 6.07 Å². The molecule has 3 heterocycles. The van der Waals surface area contributed by atoms with E-state index >= 15 is 0 Å². The molecule has 28 heavy (non-hydrogen) atoms. The monoisotopic (exact) mass is 371 g/mol. The number of fused-ring (bicyclic) bond motifs is 1. The predicted molar refractivity (Wildman–Crippen MR) is 101 cm³/mol. The summed E-state index contributed by atoms with van der Waals surface area (Å²) in [6.07, 6.45) is 3.70. The molecule has 1 aromatic heterocycles. The van der Waals surface area contributed by atoms with E-state index in [-0.39, 0.29) is 5.82 Å². The van der Waals surface area contributed by atoms with Crippen LogP contribution in [0.25, 0.3) is 34.2 Å². The van der Waals surface area contributed by atoms with Crippen LogP contribution in [0, 0.1) is 5.82 Å². The zero-order valence-electron chi connectivity index (χ0n) is 14.7. The summed E-state index contributed by atoms with van der Waals surface area (Å²) >= 11 is 0. The number of rotatable bonds is 4. The molecule has 5 rings (SSSR count). The molecule has 0 amide bonds. The first-order valence-electron chi connectivity index (χ1n) is 8.73. The number of nitrogens with zero attached hydrogens (tertiary/aromatic N) is 5. The second-order valence-electron chi connectivity index (χ2n) is 6.30. The van der Waals surface area contributed by atoms with Gasteiger partial charge in [-0.15, -0.1) is 0 Å². The number of benzene rings is 2. The van der Waals surface area contributed by atoms with Crippen molar-refractivity contribution in [1.29, 1.82) is 0 Å². The summed E-state index contributed by atoms with van der Waals surface area (Å²) in [6.45, 7) is 0.425. The third kappa shape index (κ3) is 3.03. The SMILES string of the molecule is Fc1ccccc1-c1nc2ccn(Cc3noc(-c4ccccc4)n3)cc-2n1. The lowest BCUT2D eigenvalue weighted by Crippen LogP contribution is -2.02. The van der Waals surface area contributed by atoms with Crippen LogP contribution in [0.2, 0.25) is 0 Å². The van der Waals surface area contributed by atoms with Gasteiger partial charge in [0.25, 0.3) is 5.89 Å². The fourth-order valence-corrected chi connectivity index (χ4v) is 2.99. The lowest BCUT2D eigenvalue weighted by Gasteiger charge is -2.04. The lowest BCUT2D eigenvalue weighted by molar-refractivity contribution is 0.420. The molecule has 7 heteroatoms. The standard InChI is InChI=1S/C21H14FN5O/c22-16-9-5-4-8-15(16)20-23-17-10-11-27(12-18(17)24-20)13-19-25-21(28-26-19)14-6-2-1-3-7-14/h1-12H,13H2. The van der Waals surface area contributed by atoms with Crippen molar-refractivity contribution in [1.82, 2.24) is 24.7 Å². The molecule has 2 aliphatic rings. The van der Waals surface area contributed by atoms with Gasteiger partial charge >= 0.3 is 0 Å². The maximum Gasteiger partial charge on any atom is 0.257 e. The number of aromatic nitrogens is 5. The van der Waals surface area contributed by atoms with Crippen LogP contribution in [0.4, 0.5) is 4.39 Å². The van der Waals surface area contributed by atoms with Crippen LogP contribution in [0.3, 0.4) is 0 Å². The van der Waals surface area contributed by atoms with E-state index in [1.807, 2.05) is 53.4 Å². The van der Waals surface area contributed by atoms with Crippen molar-refractivity contribution in [3.05, 3.63) is 84.7 Å². The van der Waals surface area contributed by atoms with E-state index in [2.05, 4.69) is 20.1 Å². The van der Waals surface area contributed by atoms with Crippen LogP contribution < -0.4 is 0 Å². The van der Waals surface area contributed by atoms with Crippen LogP contribution in [0.1, 0.15) is 5.82 Å². The average molecular weight is 371 g/mol. The fraction of sp³-hybridized carbons (Fsp3) is 0.0476. The summed E-state index contributed by atoms with van der Waals surface area (Å²) in [5.41, 5.74) is 2.63. The van der Waals surface area contributed by atoms with E-state index in [9.17, 15) is 4.39 Å². The zero-order chi connectivity index (χ0) is 18.9. The number of pyridine rings is 1. The van der Waals surface area contributed by atoms with Gasteiger partial charge in [0, 0.05) is 18.0 Å². The summed E-state index contributed by atoms with van der Waals surface area (Å²) in [6, 6.07) is 17.9. The van der Waals surface area contributed by atoms with Crippen LogP contribution in [0.5, 0.6) is 0 Å². The minimum absolute atomic E-state index is 0.342. The summed E-state index contributed by atoms with van der Waals surface area (Å²) in [5, 5.41) is 4.04. The van der Waals surface area contributed by atoms with Gasteiger partial charge in [0.1, 0.15) is 11.5 Å². The third-order valence-electron chi connectivity index (χ3n) is 4.35. The lowest BCUT2D eigenvalue weighted by atomic mass is 10.2. The Morgan fingerprint density at radius 3 is 2.50 bits per heavy atom. The van der Waals surface area contributed by atoms with Crippen molar-refractivity contribution in [3.8, 4) is 34.2 Å². The Morgan fingerprint density at radius 1 is 0.857 bits per heavy atom. The highest BCUT2D eigenvalue weighted by molar-refractivity contribution is 5.65. The maximum atomic E-state index is 14.0. The largest absolute Gasteiger partial charge is 0.344 e. The van der Waals surface area contributed by atoms with Gasteiger partial charge in [-0.05, 0) is 30.3 Å². The molecule has 0 fully saturated rings. The van der Waals surface area contributed by atoms with Crippen molar-refractivity contribution in [3.63, 3.8) is 0 Å². The molecule has 0 saturated heterocycles. The van der Waals surface area contributed by atoms with Crippen molar-refractivity contribution >= 4 is 0 Å². The minimum Gasteiger partial charge on any atom is -0.344 e. The van der Waals surface area contributed by atoms with Gasteiger partial charge in [-0.2, -0.15) is 4.98 Å². The van der Waals surface area contributed by atoms with E-state index in [0.29, 0.717) is 41.0 Å². The smallest absolute Gasteiger partial charge is 0.257 e. The molecule has 0 spiro atoms. The van der Waals surface area contributed by atoms with Crippen molar-refractivity contribution in [2.24, 2.45) is 0 Å². The summed E-state index contributed by atoms with van der Waals surface area (Å²) in [4.78, 5) is 13.3. The summed E-state index contributed by atoms with van der Waals surface area (Å²) < 4.78 is 21.2. The highest BCUT2D eigenvalue weighted by atomic mass is 19.1. The summed E-state index contributed by atoms with van der Waals surface area (Å²) in [7, 11) is 0. The van der Waals surface area contributed by atoms with Crippen LogP contribution in [-0.4, -0.2) is 24.7 Å². The van der Waals surface area contributed by atoms with E-state index in [1.54, 1.807) is 18.2 Å². The van der Waals surface area contributed by atoms with E-state index in [0.717, 1.165) is 5.56 Å². The Bertz CT molecular complexity index is 1210. The van der Waals surface area contributed by atoms with Crippen molar-refractivity contribution in [2.75, 3.05) is 0 Å².